The first-order valence-electron chi connectivity index (χ1n) is 15.6. The summed E-state index contributed by atoms with van der Waals surface area (Å²) < 4.78 is 6.34. The highest BCUT2D eigenvalue weighted by molar-refractivity contribution is 9.10. The van der Waals surface area contributed by atoms with Gasteiger partial charge >= 0.3 is 13.2 Å². The minimum Gasteiger partial charge on any atom is -0.444 e. The zero-order chi connectivity index (χ0) is 36.7. The summed E-state index contributed by atoms with van der Waals surface area (Å²) in [6.45, 7) is 5.37. The van der Waals surface area contributed by atoms with Crippen LogP contribution in [0.4, 0.5) is 22.1 Å². The number of carbonyl (C=O) groups excluding carboxylic acids is 2. The number of hydrogen-bond donors (Lipinski definition) is 6. The lowest BCUT2D eigenvalue weighted by molar-refractivity contribution is -0.120. The molecule has 0 aliphatic carbocycles. The van der Waals surface area contributed by atoms with Crippen molar-refractivity contribution in [1.82, 2.24) is 15.3 Å². The van der Waals surface area contributed by atoms with Gasteiger partial charge in [0.15, 0.2) is 5.78 Å². The highest BCUT2D eigenvalue weighted by Gasteiger charge is 2.25. The second-order valence-corrected chi connectivity index (χ2v) is 13.1. The van der Waals surface area contributed by atoms with Gasteiger partial charge in [-0.05, 0) is 91.3 Å². The molecule has 2 heterocycles. The van der Waals surface area contributed by atoms with Crippen LogP contribution >= 0.6 is 15.9 Å². The van der Waals surface area contributed by atoms with Crippen molar-refractivity contribution in [3.63, 3.8) is 0 Å². The van der Waals surface area contributed by atoms with Crippen molar-refractivity contribution in [2.75, 3.05) is 17.2 Å². The Balaban J connectivity index is 0.000000385. The largest absolute Gasteiger partial charge is 0.488 e. The first-order valence-corrected chi connectivity index (χ1v) is 16.4. The van der Waals surface area contributed by atoms with Crippen molar-refractivity contribution in [3.05, 3.63) is 131 Å². The maximum Gasteiger partial charge on any atom is 0.488 e. The van der Waals surface area contributed by atoms with Crippen LogP contribution in [0, 0.1) is 0 Å². The number of alkyl carbamates (subject to hydrolysis) is 1. The molecule has 1 amide bonds. The predicted molar refractivity (Wildman–Crippen MR) is 207 cm³/mol. The first-order chi connectivity index (χ1) is 23.7. The van der Waals surface area contributed by atoms with Crippen LogP contribution in [-0.4, -0.2) is 56.1 Å². The normalized spacial score (nSPS) is 10.9. The van der Waals surface area contributed by atoms with E-state index in [9.17, 15) is 9.59 Å². The number of nitrogens with zero attached hydrogens (tertiary/aromatic N) is 2. The molecule has 268 valence electrons. The molecule has 3 aromatic carbocycles. The molecule has 12 nitrogen and oxygen atoms in total. The molecule has 0 bridgehead atoms. The number of carbonyl (C=O) groups is 2. The number of amides is 1. The molecule has 0 aliphatic rings. The maximum atomic E-state index is 13.2. The number of nitrogen functional groups attached to an aromatic ring is 3. The van der Waals surface area contributed by atoms with E-state index in [-0.39, 0.29) is 17.7 Å². The van der Waals surface area contributed by atoms with Gasteiger partial charge in [0.25, 0.3) is 0 Å². The molecule has 0 saturated heterocycles. The number of nitrogens with one attached hydrogen (secondary N) is 1. The molecule has 0 unspecified atom stereocenters. The number of halogens is 1. The number of aromatic nitrogens is 2. The van der Waals surface area contributed by atoms with Crippen LogP contribution in [-0.2, 0) is 22.4 Å². The number of rotatable bonds is 8. The Morgan fingerprint density at radius 1 is 0.804 bits per heavy atom. The van der Waals surface area contributed by atoms with Gasteiger partial charge in [-0.2, -0.15) is 0 Å². The van der Waals surface area contributed by atoms with Gasteiger partial charge < -0.3 is 42.8 Å². The summed E-state index contributed by atoms with van der Waals surface area (Å²) in [4.78, 5) is 33.4. The van der Waals surface area contributed by atoms with E-state index in [0.717, 1.165) is 26.7 Å². The van der Waals surface area contributed by atoms with E-state index in [4.69, 9.17) is 32.0 Å². The molecule has 5 aromatic rings. The summed E-state index contributed by atoms with van der Waals surface area (Å²) in [5, 5.41) is 20.1. The molecule has 0 aliphatic heterocycles. The minimum atomic E-state index is -1.43. The number of nitrogens with two attached hydrogens (primary N) is 3. The third-order valence-electron chi connectivity index (χ3n) is 6.73. The van der Waals surface area contributed by atoms with Gasteiger partial charge in [-0.25, -0.2) is 14.8 Å². The molecule has 14 heteroatoms. The van der Waals surface area contributed by atoms with Crippen molar-refractivity contribution >= 4 is 57.7 Å². The van der Waals surface area contributed by atoms with E-state index in [2.05, 4.69) is 31.2 Å². The van der Waals surface area contributed by atoms with Crippen LogP contribution in [0.25, 0.3) is 11.1 Å². The zero-order valence-corrected chi connectivity index (χ0v) is 30.2. The number of ether oxygens (including phenoxy) is 1. The SMILES string of the molecule is CC(C)(C)OC(=O)N[C@@H](Cc1ccccc1)C(=O)Cc1cccc(-c2ccnc(N)c2)c1.Nc1cc(Br)ccn1.Nc1cccc(B(O)O)c1.O. The maximum absolute atomic E-state index is 13.2. The van der Waals surface area contributed by atoms with Crippen LogP contribution in [0.15, 0.2) is 120 Å². The van der Waals surface area contributed by atoms with Crippen molar-refractivity contribution in [3.8, 4) is 11.1 Å². The third kappa shape index (κ3) is 15.9. The summed E-state index contributed by atoms with van der Waals surface area (Å²) >= 11 is 3.24. The van der Waals surface area contributed by atoms with Gasteiger partial charge in [0, 0.05) is 29.0 Å². The Labute approximate surface area is 306 Å². The number of ketones is 1. The summed E-state index contributed by atoms with van der Waals surface area (Å²) in [5.41, 5.74) is 20.5. The van der Waals surface area contributed by atoms with E-state index < -0.39 is 24.9 Å². The molecule has 0 radical (unpaired) electrons. The van der Waals surface area contributed by atoms with Gasteiger partial charge in [-0.3, -0.25) is 4.79 Å². The number of anilines is 3. The Morgan fingerprint density at radius 3 is 1.96 bits per heavy atom. The highest BCUT2D eigenvalue weighted by Crippen LogP contribution is 2.22. The average molecular weight is 760 g/mol. The molecule has 0 fully saturated rings. The molecule has 0 spiro atoms. The summed E-state index contributed by atoms with van der Waals surface area (Å²) in [6, 6.07) is 30.4. The fourth-order valence-electron chi connectivity index (χ4n) is 4.50. The highest BCUT2D eigenvalue weighted by atomic mass is 79.9. The van der Waals surface area contributed by atoms with Gasteiger partial charge in [0.2, 0.25) is 0 Å². The number of pyridine rings is 2. The lowest BCUT2D eigenvalue weighted by Gasteiger charge is -2.23. The predicted octanol–water partition coefficient (Wildman–Crippen LogP) is 4.13. The molecule has 11 N–H and O–H groups in total. The van der Waals surface area contributed by atoms with Crippen molar-refractivity contribution in [1.29, 1.82) is 0 Å². The van der Waals surface area contributed by atoms with Gasteiger partial charge in [0.1, 0.15) is 17.2 Å². The molecular weight excluding hydrogens is 715 g/mol. The fourth-order valence-corrected chi connectivity index (χ4v) is 4.85. The van der Waals surface area contributed by atoms with Crippen LogP contribution in [0.1, 0.15) is 31.9 Å². The number of Topliss-reactive ketones (excluding diaryl/α,β-unsaturated/α-hetero) is 1. The first kappa shape index (κ1) is 41.9. The van der Waals surface area contributed by atoms with E-state index in [1.807, 2.05) is 66.7 Å². The standard InChI is InChI=1S/C26H29N3O3.C6H8BNO2.C5H5BrN2.H2O/c1-26(2,3)32-25(31)29-22(15-18-8-5-4-6-9-18)23(30)16-19-10-7-11-20(14-19)21-12-13-28-24(27)17-21;8-6-3-1-2-5(4-6)7(9)10;6-4-1-2-8-5(7)3-4;/h4-14,17,22H,15-16H2,1-3H3,(H2,27,28)(H,29,31);1-4,9-10H,8H2;1-3H,(H2,7,8);1H2/t22-;;;/m0.../s1. The molecule has 0 saturated carbocycles. The van der Waals surface area contributed by atoms with Crippen molar-refractivity contribution in [2.45, 2.75) is 45.3 Å². The van der Waals surface area contributed by atoms with Crippen LogP contribution in [0.3, 0.4) is 0 Å². The van der Waals surface area contributed by atoms with Gasteiger partial charge in [0.05, 0.1) is 6.04 Å². The van der Waals surface area contributed by atoms with Crippen LogP contribution < -0.4 is 28.0 Å². The van der Waals surface area contributed by atoms with E-state index in [1.54, 1.807) is 63.5 Å². The van der Waals surface area contributed by atoms with Gasteiger partial charge in [-0.15, -0.1) is 0 Å². The Bertz CT molecular complexity index is 1830. The Kier molecular flexibility index (Phi) is 16.8. The third-order valence-corrected chi connectivity index (χ3v) is 7.23. The molecular formula is C37H44BBrN6O6. The number of benzene rings is 3. The van der Waals surface area contributed by atoms with E-state index in [1.165, 1.54) is 6.07 Å². The Morgan fingerprint density at radius 2 is 1.41 bits per heavy atom. The van der Waals surface area contributed by atoms with Crippen molar-refractivity contribution in [2.24, 2.45) is 0 Å². The smallest absolute Gasteiger partial charge is 0.444 e. The zero-order valence-electron chi connectivity index (χ0n) is 28.7. The fraction of sp³-hybridized carbons (Fsp3) is 0.189. The van der Waals surface area contributed by atoms with Crippen molar-refractivity contribution < 1.29 is 29.9 Å². The van der Waals surface area contributed by atoms with E-state index in [0.29, 0.717) is 29.2 Å². The Hall–Kier alpha value is -5.28. The number of hydrogen-bond acceptors (Lipinski definition) is 10. The molecule has 1 atom stereocenters. The minimum absolute atomic E-state index is 0. The summed E-state index contributed by atoms with van der Waals surface area (Å²) in [5.74, 6) is 0.888. The monoisotopic (exact) mass is 758 g/mol. The second kappa shape index (κ2) is 20.4. The molecule has 51 heavy (non-hydrogen) atoms. The average Bonchev–Trinajstić information content (AvgIpc) is 3.05. The summed E-state index contributed by atoms with van der Waals surface area (Å²) in [6.07, 6.45) is 3.27. The van der Waals surface area contributed by atoms with Crippen LogP contribution in [0.5, 0.6) is 0 Å². The molecule has 5 rings (SSSR count). The van der Waals surface area contributed by atoms with E-state index >= 15 is 0 Å². The summed E-state index contributed by atoms with van der Waals surface area (Å²) in [7, 11) is -1.43. The quantitative estimate of drug-likeness (QED) is 0.0979. The second-order valence-electron chi connectivity index (χ2n) is 12.1. The lowest BCUT2D eigenvalue weighted by atomic mass is 9.80. The topological polar surface area (TPSA) is 231 Å². The van der Waals surface area contributed by atoms with Crippen LogP contribution in [0.2, 0.25) is 0 Å². The lowest BCUT2D eigenvalue weighted by Crippen LogP contribution is -2.45. The van der Waals surface area contributed by atoms with Gasteiger partial charge in [-0.1, -0.05) is 82.7 Å². The molecule has 2 aromatic heterocycles.